The van der Waals surface area contributed by atoms with Crippen LogP contribution in [0.25, 0.3) is 0 Å². The lowest BCUT2D eigenvalue weighted by molar-refractivity contribution is -0.141. The number of rotatable bonds is 12. The van der Waals surface area contributed by atoms with E-state index in [1.54, 1.807) is 30.3 Å². The van der Waals surface area contributed by atoms with Crippen molar-refractivity contribution in [1.82, 2.24) is 19.5 Å². The van der Waals surface area contributed by atoms with Gasteiger partial charge in [0, 0.05) is 32.1 Å². The molecule has 2 aliphatic rings. The van der Waals surface area contributed by atoms with Crippen LogP contribution in [0, 0.1) is 0 Å². The molecule has 1 N–H and O–H groups in total. The summed E-state index contributed by atoms with van der Waals surface area (Å²) in [4.78, 5) is 46.3. The van der Waals surface area contributed by atoms with Gasteiger partial charge in [0.1, 0.15) is 17.5 Å². The van der Waals surface area contributed by atoms with Crippen LogP contribution in [0.4, 0.5) is 0 Å². The molecule has 1 fully saturated rings. The van der Waals surface area contributed by atoms with Gasteiger partial charge >= 0.3 is 0 Å². The Balaban J connectivity index is 1.47. The van der Waals surface area contributed by atoms with Crippen molar-refractivity contribution in [3.8, 4) is 11.5 Å². The molecule has 2 aromatic carbocycles. The molecule has 3 aromatic rings. The van der Waals surface area contributed by atoms with Gasteiger partial charge in [-0.05, 0) is 66.8 Å². The quantitative estimate of drug-likeness (QED) is 0.322. The molecule has 0 bridgehead atoms. The number of carbonyl (C=O) groups excluding carboxylic acids is 3. The van der Waals surface area contributed by atoms with Gasteiger partial charge in [-0.25, -0.2) is 12.7 Å². The van der Waals surface area contributed by atoms with E-state index in [0.29, 0.717) is 28.0 Å². The van der Waals surface area contributed by atoms with Gasteiger partial charge in [0.15, 0.2) is 11.5 Å². The lowest BCUT2D eigenvalue weighted by atomic mass is 10.0. The maximum atomic E-state index is 14.1. The zero-order valence-corrected chi connectivity index (χ0v) is 25.3. The van der Waals surface area contributed by atoms with Gasteiger partial charge in [-0.15, -0.1) is 0 Å². The number of methoxy groups -OCH3 is 2. The smallest absolute Gasteiger partial charge is 0.269 e. The number of amides is 3. The Morgan fingerprint density at radius 1 is 1.09 bits per heavy atom. The number of nitrogens with one attached hydrogen (secondary N) is 1. The van der Waals surface area contributed by atoms with E-state index in [0.717, 1.165) is 18.4 Å². The standard InChI is InChI=1S/C31H34N4O8S/c1-41-25-10-9-21(18-26(25)42-2)13-16-34(28(36)20-35-31(38)24-7-3-4-8-27(24)44(35,39)40)29(22-11-14-32-15-12-22)30(37)33-19-23-6-5-17-43-23/h3-4,7-12,14-15,18,23,29H,5-6,13,16-17,19-20H2,1-2H3,(H,33,37)/t23-,29+/m1/s1. The second-order valence-electron chi connectivity index (χ2n) is 10.4. The summed E-state index contributed by atoms with van der Waals surface area (Å²) in [7, 11) is -1.22. The van der Waals surface area contributed by atoms with E-state index >= 15 is 0 Å². The molecule has 1 saturated heterocycles. The van der Waals surface area contributed by atoms with Gasteiger partial charge in [-0.3, -0.25) is 19.4 Å². The summed E-state index contributed by atoms with van der Waals surface area (Å²) in [6.45, 7) is 0.115. The Morgan fingerprint density at radius 3 is 2.52 bits per heavy atom. The second-order valence-corrected chi connectivity index (χ2v) is 12.2. The summed E-state index contributed by atoms with van der Waals surface area (Å²) in [6.07, 6.45) is 4.87. The van der Waals surface area contributed by atoms with Crippen molar-refractivity contribution in [3.05, 3.63) is 83.7 Å². The van der Waals surface area contributed by atoms with Gasteiger partial charge < -0.3 is 24.4 Å². The van der Waals surface area contributed by atoms with Crippen molar-refractivity contribution in [3.63, 3.8) is 0 Å². The van der Waals surface area contributed by atoms with E-state index in [-0.39, 0.29) is 36.1 Å². The molecule has 0 spiro atoms. The summed E-state index contributed by atoms with van der Waals surface area (Å²) in [5.74, 6) is -0.952. The molecule has 3 amide bonds. The number of sulfonamides is 1. The first-order valence-corrected chi connectivity index (χ1v) is 15.6. The monoisotopic (exact) mass is 622 g/mol. The highest BCUT2D eigenvalue weighted by Gasteiger charge is 2.43. The maximum Gasteiger partial charge on any atom is 0.269 e. The average molecular weight is 623 g/mol. The fraction of sp³-hybridized carbons (Fsp3) is 0.355. The Morgan fingerprint density at radius 2 is 1.84 bits per heavy atom. The molecular weight excluding hydrogens is 588 g/mol. The number of nitrogens with zero attached hydrogens (tertiary/aromatic N) is 3. The van der Waals surface area contributed by atoms with Crippen LogP contribution in [0.2, 0.25) is 0 Å². The van der Waals surface area contributed by atoms with Gasteiger partial charge in [0.2, 0.25) is 11.8 Å². The number of hydrogen-bond donors (Lipinski definition) is 1. The SMILES string of the molecule is COc1ccc(CCN(C(=O)CN2C(=O)c3ccccc3S2(=O)=O)[C@H](C(=O)NC[C@H]2CCCO2)c2ccncc2)cc1OC. The van der Waals surface area contributed by atoms with E-state index in [2.05, 4.69) is 10.3 Å². The molecule has 0 radical (unpaired) electrons. The molecule has 0 unspecified atom stereocenters. The molecule has 5 rings (SSSR count). The Labute approximate surface area is 256 Å². The number of pyridine rings is 1. The minimum Gasteiger partial charge on any atom is -0.493 e. The molecule has 0 aliphatic carbocycles. The van der Waals surface area contributed by atoms with E-state index in [1.807, 2.05) is 6.07 Å². The van der Waals surface area contributed by atoms with Crippen molar-refractivity contribution in [1.29, 1.82) is 0 Å². The van der Waals surface area contributed by atoms with Crippen LogP contribution in [-0.4, -0.2) is 86.9 Å². The van der Waals surface area contributed by atoms with Gasteiger partial charge in [-0.2, -0.15) is 0 Å². The largest absolute Gasteiger partial charge is 0.493 e. The third-order valence-corrected chi connectivity index (χ3v) is 9.50. The first-order valence-electron chi connectivity index (χ1n) is 14.2. The minimum absolute atomic E-state index is 0.00262. The van der Waals surface area contributed by atoms with Crippen molar-refractivity contribution >= 4 is 27.7 Å². The van der Waals surface area contributed by atoms with E-state index in [1.165, 1.54) is 49.7 Å². The Bertz CT molecular complexity index is 1630. The topological polar surface area (TPSA) is 144 Å². The lowest BCUT2D eigenvalue weighted by Crippen LogP contribution is -2.49. The minimum atomic E-state index is -4.26. The zero-order chi connectivity index (χ0) is 31.3. The molecule has 232 valence electrons. The molecule has 2 aliphatic heterocycles. The van der Waals surface area contributed by atoms with Crippen LogP contribution < -0.4 is 14.8 Å². The number of carbonyl (C=O) groups is 3. The average Bonchev–Trinajstić information content (AvgIpc) is 3.63. The number of hydrogen-bond acceptors (Lipinski definition) is 9. The van der Waals surface area contributed by atoms with Crippen molar-refractivity contribution in [2.75, 3.05) is 40.5 Å². The fourth-order valence-corrected chi connectivity index (χ4v) is 6.94. The molecule has 44 heavy (non-hydrogen) atoms. The number of fused-ring (bicyclic) bond motifs is 1. The molecule has 12 nitrogen and oxygen atoms in total. The normalized spacial score (nSPS) is 17.5. The summed E-state index contributed by atoms with van der Waals surface area (Å²) in [5, 5.41) is 2.91. The lowest BCUT2D eigenvalue weighted by Gasteiger charge is -2.32. The van der Waals surface area contributed by atoms with E-state index in [4.69, 9.17) is 14.2 Å². The first kappa shape index (κ1) is 31.0. The summed E-state index contributed by atoms with van der Waals surface area (Å²) in [6, 6.07) is 13.2. The highest BCUT2D eigenvalue weighted by atomic mass is 32.2. The van der Waals surface area contributed by atoms with Gasteiger partial charge in [0.05, 0.1) is 25.9 Å². The van der Waals surface area contributed by atoms with Crippen LogP contribution in [0.3, 0.4) is 0 Å². The first-order chi connectivity index (χ1) is 21.2. The van der Waals surface area contributed by atoms with E-state index in [9.17, 15) is 22.8 Å². The fourth-order valence-electron chi connectivity index (χ4n) is 5.42. The van der Waals surface area contributed by atoms with Crippen LogP contribution in [-0.2, 0) is 30.8 Å². The second kappa shape index (κ2) is 13.4. The zero-order valence-electron chi connectivity index (χ0n) is 24.5. The van der Waals surface area contributed by atoms with Crippen molar-refractivity contribution < 1.29 is 37.0 Å². The highest BCUT2D eigenvalue weighted by molar-refractivity contribution is 7.90. The summed E-state index contributed by atoms with van der Waals surface area (Å²) in [5.41, 5.74) is 1.26. The van der Waals surface area contributed by atoms with Crippen molar-refractivity contribution in [2.24, 2.45) is 0 Å². The number of aromatic nitrogens is 1. The molecule has 0 saturated carbocycles. The van der Waals surface area contributed by atoms with Crippen LogP contribution >= 0.6 is 0 Å². The third-order valence-electron chi connectivity index (χ3n) is 7.71. The van der Waals surface area contributed by atoms with Crippen LogP contribution in [0.5, 0.6) is 11.5 Å². The molecule has 1 aromatic heterocycles. The van der Waals surface area contributed by atoms with Gasteiger partial charge in [0.25, 0.3) is 15.9 Å². The summed E-state index contributed by atoms with van der Waals surface area (Å²) >= 11 is 0. The highest BCUT2D eigenvalue weighted by Crippen LogP contribution is 2.32. The summed E-state index contributed by atoms with van der Waals surface area (Å²) < 4.78 is 43.6. The predicted octanol–water partition coefficient (Wildman–Crippen LogP) is 2.35. The molecular formula is C31H34N4O8S. The Kier molecular flexibility index (Phi) is 9.45. The molecule has 2 atom stereocenters. The van der Waals surface area contributed by atoms with Gasteiger partial charge in [-0.1, -0.05) is 18.2 Å². The third kappa shape index (κ3) is 6.38. The van der Waals surface area contributed by atoms with Crippen LogP contribution in [0.15, 0.2) is 71.9 Å². The maximum absolute atomic E-state index is 14.1. The van der Waals surface area contributed by atoms with E-state index < -0.39 is 40.3 Å². The van der Waals surface area contributed by atoms with Crippen molar-refractivity contribution in [2.45, 2.75) is 36.3 Å². The molecule has 13 heteroatoms. The predicted molar refractivity (Wildman–Crippen MR) is 159 cm³/mol. The number of benzene rings is 2. The van der Waals surface area contributed by atoms with Crippen LogP contribution in [0.1, 0.15) is 40.4 Å². The number of ether oxygens (including phenoxy) is 3. The molecule has 3 heterocycles. The Hall–Kier alpha value is -4.49.